The van der Waals surface area contributed by atoms with Crippen LogP contribution in [-0.4, -0.2) is 72.2 Å². The van der Waals surface area contributed by atoms with Gasteiger partial charge in [0.1, 0.15) is 6.61 Å². The molecule has 0 bridgehead atoms. The molecule has 0 radical (unpaired) electrons. The van der Waals surface area contributed by atoms with E-state index in [-0.39, 0.29) is 25.0 Å². The number of aryl methyl sites for hydroxylation is 1. The molecular weight excluding hydrogens is 504 g/mol. The van der Waals surface area contributed by atoms with E-state index in [2.05, 4.69) is 48.5 Å². The molecule has 1 aromatic heterocycles. The SMILES string of the molecule is CC.CC(C)C.CCOCC(=O)NCC(=O)N1CCC(O)C1.Cc1ncsc1-c1ccc(CNC=O)cc1. The number of aliphatic hydroxyl groups is 1. The minimum atomic E-state index is -0.428. The molecule has 1 aromatic carbocycles. The molecular formula is C28H46N4O5S. The number of likely N-dealkylation sites (tertiary alicyclic amines) is 1. The van der Waals surface area contributed by atoms with E-state index in [1.165, 1.54) is 10.4 Å². The van der Waals surface area contributed by atoms with Crippen molar-refractivity contribution in [3.63, 3.8) is 0 Å². The average Bonchev–Trinajstić information content (AvgIpc) is 3.54. The van der Waals surface area contributed by atoms with Crippen LogP contribution < -0.4 is 10.6 Å². The molecule has 2 heterocycles. The number of carbonyl (C=O) groups is 3. The normalized spacial score (nSPS) is 13.7. The highest BCUT2D eigenvalue weighted by Crippen LogP contribution is 2.27. The van der Waals surface area contributed by atoms with Crippen molar-refractivity contribution in [2.45, 2.75) is 67.5 Å². The molecule has 0 saturated carbocycles. The first kappa shape index (κ1) is 35.2. The number of carbonyl (C=O) groups excluding carboxylic acids is 3. The van der Waals surface area contributed by atoms with Crippen LogP contribution in [0.2, 0.25) is 0 Å². The Morgan fingerprint density at radius 1 is 1.24 bits per heavy atom. The molecule has 0 aliphatic carbocycles. The largest absolute Gasteiger partial charge is 0.391 e. The molecule has 1 atom stereocenters. The van der Waals surface area contributed by atoms with Gasteiger partial charge in [0.05, 0.1) is 28.7 Å². The molecule has 0 spiro atoms. The van der Waals surface area contributed by atoms with Gasteiger partial charge in [-0.1, -0.05) is 58.9 Å². The van der Waals surface area contributed by atoms with E-state index in [1.54, 1.807) is 23.2 Å². The highest BCUT2D eigenvalue weighted by molar-refractivity contribution is 7.13. The quantitative estimate of drug-likeness (QED) is 0.409. The van der Waals surface area contributed by atoms with Crippen LogP contribution in [0.5, 0.6) is 0 Å². The number of β-amino-alcohol motifs (C(OH)–C–C–N with tert-alkyl or cyclic N) is 1. The molecule has 214 valence electrons. The minimum Gasteiger partial charge on any atom is -0.391 e. The third kappa shape index (κ3) is 15.4. The van der Waals surface area contributed by atoms with Gasteiger partial charge in [0.25, 0.3) is 0 Å². The number of hydrogen-bond donors (Lipinski definition) is 3. The highest BCUT2D eigenvalue weighted by atomic mass is 32.1. The number of thiazole rings is 1. The maximum absolute atomic E-state index is 11.5. The van der Waals surface area contributed by atoms with Crippen molar-refractivity contribution in [1.82, 2.24) is 20.5 Å². The average molecular weight is 551 g/mol. The fourth-order valence-corrected chi connectivity index (χ4v) is 3.82. The summed E-state index contributed by atoms with van der Waals surface area (Å²) in [5, 5.41) is 14.4. The van der Waals surface area contributed by atoms with Gasteiger partial charge >= 0.3 is 0 Å². The summed E-state index contributed by atoms with van der Waals surface area (Å²) in [6.07, 6.45) is 0.892. The van der Waals surface area contributed by atoms with Gasteiger partial charge in [0.15, 0.2) is 0 Å². The van der Waals surface area contributed by atoms with E-state index in [4.69, 9.17) is 4.74 Å². The lowest BCUT2D eigenvalue weighted by molar-refractivity contribution is -0.133. The summed E-state index contributed by atoms with van der Waals surface area (Å²) in [6.45, 7) is 16.2. The molecule has 10 heteroatoms. The zero-order valence-electron chi connectivity index (χ0n) is 24.0. The second-order valence-corrected chi connectivity index (χ2v) is 9.75. The van der Waals surface area contributed by atoms with Crippen molar-refractivity contribution in [1.29, 1.82) is 0 Å². The van der Waals surface area contributed by atoms with Gasteiger partial charge in [-0.2, -0.15) is 0 Å². The lowest BCUT2D eigenvalue weighted by Gasteiger charge is -2.15. The van der Waals surface area contributed by atoms with E-state index in [0.717, 1.165) is 17.2 Å². The van der Waals surface area contributed by atoms with E-state index < -0.39 is 6.10 Å². The number of hydrogen-bond acceptors (Lipinski definition) is 7. The van der Waals surface area contributed by atoms with Gasteiger partial charge < -0.3 is 25.4 Å². The Morgan fingerprint density at radius 3 is 2.34 bits per heavy atom. The summed E-state index contributed by atoms with van der Waals surface area (Å²) in [6, 6.07) is 8.15. The fraction of sp³-hybridized carbons (Fsp3) is 0.571. The molecule has 3 amide bonds. The number of nitrogens with zero attached hydrogens (tertiary/aromatic N) is 2. The van der Waals surface area contributed by atoms with Crippen molar-refractivity contribution < 1.29 is 24.2 Å². The summed E-state index contributed by atoms with van der Waals surface area (Å²) < 4.78 is 4.89. The molecule has 9 nitrogen and oxygen atoms in total. The number of amides is 3. The van der Waals surface area contributed by atoms with Crippen LogP contribution >= 0.6 is 11.3 Å². The monoisotopic (exact) mass is 550 g/mol. The Labute approximate surface area is 232 Å². The topological polar surface area (TPSA) is 121 Å². The first-order chi connectivity index (χ1) is 18.2. The number of ether oxygens (including phenoxy) is 1. The van der Waals surface area contributed by atoms with Crippen molar-refractivity contribution in [2.24, 2.45) is 5.92 Å². The highest BCUT2D eigenvalue weighted by Gasteiger charge is 2.24. The zero-order valence-corrected chi connectivity index (χ0v) is 24.8. The summed E-state index contributed by atoms with van der Waals surface area (Å²) in [5.74, 6) is 0.372. The molecule has 3 N–H and O–H groups in total. The van der Waals surface area contributed by atoms with Crippen LogP contribution in [0, 0.1) is 12.8 Å². The minimum absolute atomic E-state index is 0.0214. The molecule has 1 unspecified atom stereocenters. The van der Waals surface area contributed by atoms with E-state index in [1.807, 2.05) is 38.4 Å². The van der Waals surface area contributed by atoms with Gasteiger partial charge in [-0.3, -0.25) is 14.4 Å². The summed E-state index contributed by atoms with van der Waals surface area (Å²) >= 11 is 1.64. The predicted octanol–water partition coefficient (Wildman–Crippen LogP) is 3.79. The van der Waals surface area contributed by atoms with Crippen molar-refractivity contribution >= 4 is 29.6 Å². The van der Waals surface area contributed by atoms with Gasteiger partial charge in [-0.15, -0.1) is 11.3 Å². The second-order valence-electron chi connectivity index (χ2n) is 8.89. The molecule has 1 aliphatic rings. The maximum Gasteiger partial charge on any atom is 0.246 e. The summed E-state index contributed by atoms with van der Waals surface area (Å²) in [7, 11) is 0. The van der Waals surface area contributed by atoms with Crippen molar-refractivity contribution in [3.8, 4) is 10.4 Å². The van der Waals surface area contributed by atoms with Crippen LogP contribution in [0.3, 0.4) is 0 Å². The fourth-order valence-electron chi connectivity index (χ4n) is 3.01. The third-order valence-electron chi connectivity index (χ3n) is 4.74. The summed E-state index contributed by atoms with van der Waals surface area (Å²) in [4.78, 5) is 39.8. The zero-order chi connectivity index (χ0) is 28.9. The maximum atomic E-state index is 11.5. The Hall–Kier alpha value is -2.82. The Kier molecular flexibility index (Phi) is 19.6. The Morgan fingerprint density at radius 2 is 1.87 bits per heavy atom. The van der Waals surface area contributed by atoms with E-state index >= 15 is 0 Å². The van der Waals surface area contributed by atoms with Gasteiger partial charge in [-0.25, -0.2) is 4.98 Å². The Balaban J connectivity index is 0.000000598. The predicted molar refractivity (Wildman–Crippen MR) is 154 cm³/mol. The lowest BCUT2D eigenvalue weighted by Crippen LogP contribution is -2.40. The van der Waals surface area contributed by atoms with E-state index in [9.17, 15) is 19.5 Å². The number of aliphatic hydroxyl groups excluding tert-OH is 1. The number of nitrogens with one attached hydrogen (secondary N) is 2. The molecule has 38 heavy (non-hydrogen) atoms. The first-order valence-corrected chi connectivity index (χ1v) is 14.0. The second kappa shape index (κ2) is 21.2. The van der Waals surface area contributed by atoms with Crippen LogP contribution in [0.1, 0.15) is 59.2 Å². The van der Waals surface area contributed by atoms with Crippen LogP contribution in [0.25, 0.3) is 10.4 Å². The van der Waals surface area contributed by atoms with E-state index in [0.29, 0.717) is 39.1 Å². The third-order valence-corrected chi connectivity index (χ3v) is 5.72. The Bertz CT molecular complexity index is 915. The number of aromatic nitrogens is 1. The number of rotatable bonds is 9. The van der Waals surface area contributed by atoms with Gasteiger partial charge in [0, 0.05) is 26.2 Å². The van der Waals surface area contributed by atoms with Crippen molar-refractivity contribution in [2.75, 3.05) is 32.8 Å². The smallest absolute Gasteiger partial charge is 0.246 e. The standard InChI is InChI=1S/C12H12N2OS.C10H18N2O4.C4H10.C2H6/c1-9-12(16-8-14-9)11-4-2-10(3-5-11)6-13-7-15;1-2-16-7-9(14)11-5-10(15)12-4-3-8(13)6-12;1-4(2)3;1-2/h2-5,7-8H,6H2,1H3,(H,13,15);8,13H,2-7H2,1H3,(H,11,14);4H,1-3H3;1-2H3. The molecule has 3 rings (SSSR count). The van der Waals surface area contributed by atoms with Gasteiger partial charge in [-0.05, 0) is 37.3 Å². The summed E-state index contributed by atoms with van der Waals surface area (Å²) in [5.41, 5.74) is 5.18. The van der Waals surface area contributed by atoms with Crippen LogP contribution in [0.4, 0.5) is 0 Å². The molecule has 2 aromatic rings. The first-order valence-electron chi connectivity index (χ1n) is 13.1. The lowest BCUT2D eigenvalue weighted by atomic mass is 10.1. The van der Waals surface area contributed by atoms with Gasteiger partial charge in [0.2, 0.25) is 18.2 Å². The molecule has 1 saturated heterocycles. The molecule has 1 fully saturated rings. The number of benzene rings is 1. The van der Waals surface area contributed by atoms with Crippen LogP contribution in [0.15, 0.2) is 29.8 Å². The van der Waals surface area contributed by atoms with Crippen molar-refractivity contribution in [3.05, 3.63) is 41.0 Å². The van der Waals surface area contributed by atoms with Crippen LogP contribution in [-0.2, 0) is 25.7 Å². The molecule has 1 aliphatic heterocycles.